The SMILES string of the molecule is CC(C)C(C)CNS(=O)(=O)c1ccccc1NN. The first-order valence-electron chi connectivity index (χ1n) is 5.93. The van der Waals surface area contributed by atoms with Crippen LogP contribution in [0.1, 0.15) is 20.8 Å². The molecule has 0 aliphatic carbocycles. The van der Waals surface area contributed by atoms with Crippen molar-refractivity contribution in [2.24, 2.45) is 17.7 Å². The average Bonchev–Trinajstić information content (AvgIpc) is 2.35. The van der Waals surface area contributed by atoms with Crippen LogP contribution in [0.3, 0.4) is 0 Å². The number of hydrogen-bond acceptors (Lipinski definition) is 4. The summed E-state index contributed by atoms with van der Waals surface area (Å²) in [5.74, 6) is 6.01. The molecule has 0 fully saturated rings. The molecule has 0 aromatic heterocycles. The number of benzene rings is 1. The summed E-state index contributed by atoms with van der Waals surface area (Å²) in [6.45, 7) is 6.56. The van der Waals surface area contributed by atoms with E-state index in [9.17, 15) is 8.42 Å². The Morgan fingerprint density at radius 2 is 1.83 bits per heavy atom. The van der Waals surface area contributed by atoms with Gasteiger partial charge in [0, 0.05) is 6.54 Å². The number of nitrogen functional groups attached to an aromatic ring is 1. The minimum atomic E-state index is -3.52. The molecular weight excluding hydrogens is 250 g/mol. The van der Waals surface area contributed by atoms with Crippen LogP contribution in [-0.4, -0.2) is 15.0 Å². The summed E-state index contributed by atoms with van der Waals surface area (Å²) in [6, 6.07) is 6.55. The average molecular weight is 271 g/mol. The molecule has 4 N–H and O–H groups in total. The zero-order valence-electron chi connectivity index (χ0n) is 11.0. The van der Waals surface area contributed by atoms with E-state index in [0.29, 0.717) is 18.2 Å². The minimum absolute atomic E-state index is 0.170. The van der Waals surface area contributed by atoms with E-state index in [2.05, 4.69) is 24.0 Å². The second-order valence-corrected chi connectivity index (χ2v) is 6.45. The van der Waals surface area contributed by atoms with Gasteiger partial charge in [0.25, 0.3) is 0 Å². The number of hydrazine groups is 1. The number of rotatable bonds is 6. The van der Waals surface area contributed by atoms with Crippen LogP contribution >= 0.6 is 0 Å². The van der Waals surface area contributed by atoms with Crippen LogP contribution in [0, 0.1) is 11.8 Å². The topological polar surface area (TPSA) is 84.2 Å². The predicted molar refractivity (Wildman–Crippen MR) is 73.4 cm³/mol. The highest BCUT2D eigenvalue weighted by Gasteiger charge is 2.19. The van der Waals surface area contributed by atoms with Crippen molar-refractivity contribution in [1.82, 2.24) is 4.72 Å². The van der Waals surface area contributed by atoms with Gasteiger partial charge in [-0.15, -0.1) is 0 Å². The van der Waals surface area contributed by atoms with Gasteiger partial charge in [0.1, 0.15) is 4.90 Å². The van der Waals surface area contributed by atoms with Crippen LogP contribution < -0.4 is 16.0 Å². The highest BCUT2D eigenvalue weighted by molar-refractivity contribution is 7.89. The van der Waals surface area contributed by atoms with Gasteiger partial charge in [0.05, 0.1) is 5.69 Å². The predicted octanol–water partition coefficient (Wildman–Crippen LogP) is 1.54. The molecule has 0 bridgehead atoms. The van der Waals surface area contributed by atoms with E-state index in [1.165, 1.54) is 6.07 Å². The van der Waals surface area contributed by atoms with Crippen LogP contribution in [0.25, 0.3) is 0 Å². The van der Waals surface area contributed by atoms with Crippen molar-refractivity contribution in [3.8, 4) is 0 Å². The van der Waals surface area contributed by atoms with E-state index in [1.54, 1.807) is 18.2 Å². The molecule has 0 aliphatic rings. The Kier molecular flexibility index (Phi) is 5.13. The lowest BCUT2D eigenvalue weighted by molar-refractivity contribution is 0.414. The molecule has 18 heavy (non-hydrogen) atoms. The Morgan fingerprint density at radius 1 is 1.22 bits per heavy atom. The first-order valence-corrected chi connectivity index (χ1v) is 7.42. The molecule has 0 saturated heterocycles. The standard InChI is InChI=1S/C12H21N3O2S/c1-9(2)10(3)8-14-18(16,17)12-7-5-4-6-11(12)15-13/h4-7,9-10,14-15H,8,13H2,1-3H3. The molecule has 1 aromatic carbocycles. The summed E-state index contributed by atoms with van der Waals surface area (Å²) in [5, 5.41) is 0. The van der Waals surface area contributed by atoms with E-state index >= 15 is 0 Å². The number of nitrogens with two attached hydrogens (primary N) is 1. The lowest BCUT2D eigenvalue weighted by Crippen LogP contribution is -2.31. The van der Waals surface area contributed by atoms with Crippen LogP contribution in [-0.2, 0) is 10.0 Å². The second kappa shape index (κ2) is 6.17. The number of hydrogen-bond donors (Lipinski definition) is 3. The maximum absolute atomic E-state index is 12.1. The summed E-state index contributed by atoms with van der Waals surface area (Å²) in [4.78, 5) is 0.170. The molecule has 6 heteroatoms. The van der Waals surface area contributed by atoms with Crippen LogP contribution in [0.4, 0.5) is 5.69 Å². The van der Waals surface area contributed by atoms with Crippen molar-refractivity contribution in [2.45, 2.75) is 25.7 Å². The molecule has 0 spiro atoms. The summed E-state index contributed by atoms with van der Waals surface area (Å²) in [6.07, 6.45) is 0. The summed E-state index contributed by atoms with van der Waals surface area (Å²) >= 11 is 0. The highest BCUT2D eigenvalue weighted by Crippen LogP contribution is 2.19. The van der Waals surface area contributed by atoms with Gasteiger partial charge in [0.15, 0.2) is 0 Å². The van der Waals surface area contributed by atoms with E-state index < -0.39 is 10.0 Å². The van der Waals surface area contributed by atoms with Gasteiger partial charge in [0.2, 0.25) is 10.0 Å². The monoisotopic (exact) mass is 271 g/mol. The maximum Gasteiger partial charge on any atom is 0.242 e. The van der Waals surface area contributed by atoms with Gasteiger partial charge in [-0.25, -0.2) is 13.1 Å². The van der Waals surface area contributed by atoms with Gasteiger partial charge in [-0.1, -0.05) is 32.9 Å². The lowest BCUT2D eigenvalue weighted by atomic mass is 9.99. The Balaban J connectivity index is 2.87. The Bertz CT molecular complexity index is 486. The third-order valence-corrected chi connectivity index (χ3v) is 4.55. The molecule has 0 amide bonds. The number of sulfonamides is 1. The van der Waals surface area contributed by atoms with E-state index in [1.807, 2.05) is 6.92 Å². The first kappa shape index (κ1) is 14.9. The van der Waals surface area contributed by atoms with Gasteiger partial charge in [-0.3, -0.25) is 5.84 Å². The van der Waals surface area contributed by atoms with Crippen molar-refractivity contribution >= 4 is 15.7 Å². The van der Waals surface area contributed by atoms with Crippen molar-refractivity contribution in [2.75, 3.05) is 12.0 Å². The quantitative estimate of drug-likeness (QED) is 0.541. The van der Waals surface area contributed by atoms with Crippen LogP contribution in [0.15, 0.2) is 29.2 Å². The first-order chi connectivity index (χ1) is 8.38. The van der Waals surface area contributed by atoms with E-state index in [4.69, 9.17) is 5.84 Å². The Morgan fingerprint density at radius 3 is 2.39 bits per heavy atom. The smallest absolute Gasteiger partial charge is 0.242 e. The molecule has 1 aromatic rings. The minimum Gasteiger partial charge on any atom is -0.323 e. The molecule has 5 nitrogen and oxygen atoms in total. The van der Waals surface area contributed by atoms with E-state index in [0.717, 1.165) is 0 Å². The maximum atomic E-state index is 12.1. The molecule has 0 radical (unpaired) electrons. The van der Waals surface area contributed by atoms with Gasteiger partial charge in [-0.05, 0) is 24.0 Å². The summed E-state index contributed by atoms with van der Waals surface area (Å²) in [5.41, 5.74) is 2.78. The molecule has 0 aliphatic heterocycles. The zero-order chi connectivity index (χ0) is 13.8. The fourth-order valence-electron chi connectivity index (χ4n) is 1.37. The van der Waals surface area contributed by atoms with E-state index in [-0.39, 0.29) is 10.8 Å². The third-order valence-electron chi connectivity index (χ3n) is 3.07. The Labute approximate surface area is 109 Å². The number of anilines is 1. The van der Waals surface area contributed by atoms with Crippen LogP contribution in [0.5, 0.6) is 0 Å². The molecule has 1 rings (SSSR count). The molecule has 1 unspecified atom stereocenters. The molecule has 102 valence electrons. The fourth-order valence-corrected chi connectivity index (χ4v) is 2.69. The van der Waals surface area contributed by atoms with Crippen LogP contribution in [0.2, 0.25) is 0 Å². The number of nitrogens with one attached hydrogen (secondary N) is 2. The van der Waals surface area contributed by atoms with Gasteiger partial charge < -0.3 is 5.43 Å². The summed E-state index contributed by atoms with van der Waals surface area (Å²) in [7, 11) is -3.52. The van der Waals surface area contributed by atoms with Crippen molar-refractivity contribution < 1.29 is 8.42 Å². The molecular formula is C12H21N3O2S. The second-order valence-electron chi connectivity index (χ2n) is 4.71. The molecule has 0 saturated carbocycles. The lowest BCUT2D eigenvalue weighted by Gasteiger charge is -2.17. The highest BCUT2D eigenvalue weighted by atomic mass is 32.2. The summed E-state index contributed by atoms with van der Waals surface area (Å²) < 4.78 is 26.9. The van der Waals surface area contributed by atoms with Crippen molar-refractivity contribution in [1.29, 1.82) is 0 Å². The van der Waals surface area contributed by atoms with Gasteiger partial charge >= 0.3 is 0 Å². The Hall–Kier alpha value is -1.11. The molecule has 1 atom stereocenters. The number of para-hydroxylation sites is 1. The fraction of sp³-hybridized carbons (Fsp3) is 0.500. The van der Waals surface area contributed by atoms with Gasteiger partial charge in [-0.2, -0.15) is 0 Å². The third kappa shape index (κ3) is 3.69. The normalized spacial score (nSPS) is 13.6. The zero-order valence-corrected chi connectivity index (χ0v) is 11.8. The van der Waals surface area contributed by atoms with Crippen molar-refractivity contribution in [3.05, 3.63) is 24.3 Å². The molecule has 0 heterocycles. The largest absolute Gasteiger partial charge is 0.323 e. The van der Waals surface area contributed by atoms with Crippen molar-refractivity contribution in [3.63, 3.8) is 0 Å².